The standard InChI is InChI=1S/C19H14N2O5S2/c20-13-18(27(22,23)16-4-2-1-3-5-16)12-15-8-11-19(26-15)14-6-9-17(10-7-14)28(21,24)25/h1-12H,(H2,21,24,25)/b18-12+. The van der Waals surface area contributed by atoms with Crippen LogP contribution in [-0.2, 0) is 19.9 Å². The van der Waals surface area contributed by atoms with Crippen LogP contribution in [0.25, 0.3) is 17.4 Å². The van der Waals surface area contributed by atoms with E-state index in [4.69, 9.17) is 9.56 Å². The number of sulfonamides is 1. The van der Waals surface area contributed by atoms with Crippen molar-refractivity contribution in [3.05, 3.63) is 77.4 Å². The molecule has 0 aliphatic heterocycles. The molecule has 3 rings (SSSR count). The first-order valence-electron chi connectivity index (χ1n) is 7.87. The van der Waals surface area contributed by atoms with E-state index in [0.29, 0.717) is 11.3 Å². The number of sulfone groups is 1. The zero-order chi connectivity index (χ0) is 20.4. The van der Waals surface area contributed by atoms with Crippen LogP contribution in [-0.4, -0.2) is 16.8 Å². The zero-order valence-electron chi connectivity index (χ0n) is 14.3. The summed E-state index contributed by atoms with van der Waals surface area (Å²) in [5, 5.41) is 14.4. The molecule has 1 heterocycles. The highest BCUT2D eigenvalue weighted by molar-refractivity contribution is 7.95. The first-order chi connectivity index (χ1) is 13.2. The molecule has 7 nitrogen and oxygen atoms in total. The smallest absolute Gasteiger partial charge is 0.238 e. The van der Waals surface area contributed by atoms with Gasteiger partial charge < -0.3 is 4.42 Å². The lowest BCUT2D eigenvalue weighted by atomic mass is 10.2. The third-order valence-electron chi connectivity index (χ3n) is 3.82. The number of hydrogen-bond donors (Lipinski definition) is 1. The molecule has 0 saturated carbocycles. The van der Waals surface area contributed by atoms with E-state index in [-0.39, 0.29) is 15.6 Å². The lowest BCUT2D eigenvalue weighted by Crippen LogP contribution is -2.11. The minimum atomic E-state index is -3.97. The second-order valence-electron chi connectivity index (χ2n) is 5.71. The van der Waals surface area contributed by atoms with Crippen molar-refractivity contribution in [1.29, 1.82) is 5.26 Å². The van der Waals surface area contributed by atoms with Crippen LogP contribution >= 0.6 is 0 Å². The van der Waals surface area contributed by atoms with Gasteiger partial charge in [-0.1, -0.05) is 18.2 Å². The largest absolute Gasteiger partial charge is 0.457 e. The number of allylic oxidation sites excluding steroid dienone is 1. The molecule has 0 fully saturated rings. The number of furan rings is 1. The van der Waals surface area contributed by atoms with Gasteiger partial charge >= 0.3 is 0 Å². The summed E-state index contributed by atoms with van der Waals surface area (Å²) < 4.78 is 53.4. The highest BCUT2D eigenvalue weighted by atomic mass is 32.2. The Morgan fingerprint density at radius 3 is 2.11 bits per heavy atom. The maximum absolute atomic E-state index is 12.6. The van der Waals surface area contributed by atoms with Crippen LogP contribution in [0.2, 0.25) is 0 Å². The summed E-state index contributed by atoms with van der Waals surface area (Å²) >= 11 is 0. The fourth-order valence-corrected chi connectivity index (χ4v) is 4.10. The van der Waals surface area contributed by atoms with Gasteiger partial charge in [0, 0.05) is 11.6 Å². The topological polar surface area (TPSA) is 131 Å². The predicted octanol–water partition coefficient (Wildman–Crippen LogP) is 2.93. The number of nitrogens with zero attached hydrogens (tertiary/aromatic N) is 1. The minimum Gasteiger partial charge on any atom is -0.457 e. The molecule has 0 bridgehead atoms. The van der Waals surface area contributed by atoms with Crippen LogP contribution in [0.4, 0.5) is 0 Å². The second-order valence-corrected chi connectivity index (χ2v) is 9.19. The maximum Gasteiger partial charge on any atom is 0.238 e. The van der Waals surface area contributed by atoms with Crippen molar-refractivity contribution in [2.24, 2.45) is 5.14 Å². The van der Waals surface area contributed by atoms with E-state index >= 15 is 0 Å². The van der Waals surface area contributed by atoms with Crippen LogP contribution in [0.1, 0.15) is 5.76 Å². The molecule has 9 heteroatoms. The molecule has 1 aromatic heterocycles. The molecule has 142 valence electrons. The summed E-state index contributed by atoms with van der Waals surface area (Å²) in [5.74, 6) is 0.545. The van der Waals surface area contributed by atoms with Crippen molar-refractivity contribution in [2.75, 3.05) is 0 Å². The first-order valence-corrected chi connectivity index (χ1v) is 10.9. The van der Waals surface area contributed by atoms with Crippen LogP contribution in [0.15, 0.2) is 85.8 Å². The summed E-state index contributed by atoms with van der Waals surface area (Å²) in [6.45, 7) is 0. The summed E-state index contributed by atoms with van der Waals surface area (Å²) in [6.07, 6.45) is 1.14. The molecular weight excluding hydrogens is 400 g/mol. The summed E-state index contributed by atoms with van der Waals surface area (Å²) in [5.41, 5.74) is 0.566. The Balaban J connectivity index is 1.94. The lowest BCUT2D eigenvalue weighted by molar-refractivity contribution is 0.571. The Hall–Kier alpha value is -3.19. The van der Waals surface area contributed by atoms with Crippen molar-refractivity contribution in [3.8, 4) is 17.4 Å². The van der Waals surface area contributed by atoms with Gasteiger partial charge in [0.15, 0.2) is 4.91 Å². The predicted molar refractivity (Wildman–Crippen MR) is 103 cm³/mol. The average Bonchev–Trinajstić information content (AvgIpc) is 3.15. The number of rotatable bonds is 5. The molecule has 0 atom stereocenters. The molecule has 3 aromatic rings. The van der Waals surface area contributed by atoms with Crippen molar-refractivity contribution in [2.45, 2.75) is 9.79 Å². The van der Waals surface area contributed by atoms with E-state index < -0.39 is 24.8 Å². The molecule has 2 aromatic carbocycles. The SMILES string of the molecule is N#C/C(=C\c1ccc(-c2ccc(S(N)(=O)=O)cc2)o1)S(=O)(=O)c1ccccc1. The van der Waals surface area contributed by atoms with E-state index in [1.807, 2.05) is 0 Å². The normalized spacial score (nSPS) is 12.5. The molecule has 0 aliphatic carbocycles. The zero-order valence-corrected chi connectivity index (χ0v) is 15.9. The van der Waals surface area contributed by atoms with E-state index in [0.717, 1.165) is 6.08 Å². The summed E-state index contributed by atoms with van der Waals surface area (Å²) in [7, 11) is -7.77. The molecule has 0 saturated heterocycles. The van der Waals surface area contributed by atoms with E-state index in [1.54, 1.807) is 30.3 Å². The summed E-state index contributed by atoms with van der Waals surface area (Å²) in [6, 6.07) is 18.1. The highest BCUT2D eigenvalue weighted by Gasteiger charge is 2.21. The molecule has 0 spiro atoms. The first kappa shape index (κ1) is 19.6. The van der Waals surface area contributed by atoms with Crippen LogP contribution in [0.5, 0.6) is 0 Å². The Kier molecular flexibility index (Phi) is 5.20. The highest BCUT2D eigenvalue weighted by Crippen LogP contribution is 2.26. The lowest BCUT2D eigenvalue weighted by Gasteiger charge is -2.02. The van der Waals surface area contributed by atoms with Gasteiger partial charge in [-0.25, -0.2) is 22.0 Å². The van der Waals surface area contributed by atoms with Gasteiger partial charge in [-0.15, -0.1) is 0 Å². The minimum absolute atomic E-state index is 0.00756. The van der Waals surface area contributed by atoms with E-state index in [9.17, 15) is 22.1 Å². The average molecular weight is 414 g/mol. The molecule has 0 unspecified atom stereocenters. The number of benzene rings is 2. The van der Waals surface area contributed by atoms with Crippen molar-refractivity contribution >= 4 is 25.9 Å². The van der Waals surface area contributed by atoms with Gasteiger partial charge in [0.25, 0.3) is 0 Å². The summed E-state index contributed by atoms with van der Waals surface area (Å²) in [4.78, 5) is -0.485. The fraction of sp³-hybridized carbons (Fsp3) is 0. The Morgan fingerprint density at radius 1 is 0.893 bits per heavy atom. The number of nitrogens with two attached hydrogens (primary N) is 1. The Labute approximate surface area is 162 Å². The van der Waals surface area contributed by atoms with Gasteiger partial charge in [-0.2, -0.15) is 5.26 Å². The van der Waals surface area contributed by atoms with E-state index in [1.165, 1.54) is 42.5 Å². The monoisotopic (exact) mass is 414 g/mol. The fourth-order valence-electron chi connectivity index (χ4n) is 2.42. The van der Waals surface area contributed by atoms with Gasteiger partial charge in [0.1, 0.15) is 17.6 Å². The molecule has 0 radical (unpaired) electrons. The number of hydrogen-bond acceptors (Lipinski definition) is 6. The molecule has 28 heavy (non-hydrogen) atoms. The van der Waals surface area contributed by atoms with Gasteiger partial charge in [0.05, 0.1) is 9.79 Å². The third kappa shape index (κ3) is 4.04. The molecule has 2 N–H and O–H groups in total. The van der Waals surface area contributed by atoms with E-state index in [2.05, 4.69) is 0 Å². The Morgan fingerprint density at radius 2 is 1.54 bits per heavy atom. The van der Waals surface area contributed by atoms with Crippen molar-refractivity contribution < 1.29 is 21.3 Å². The van der Waals surface area contributed by atoms with Gasteiger partial charge in [-0.3, -0.25) is 0 Å². The van der Waals surface area contributed by atoms with Crippen LogP contribution in [0, 0.1) is 11.3 Å². The second kappa shape index (κ2) is 7.44. The number of primary sulfonamides is 1. The van der Waals surface area contributed by atoms with Crippen molar-refractivity contribution in [1.82, 2.24) is 0 Å². The Bertz CT molecular complexity index is 1280. The van der Waals surface area contributed by atoms with Crippen LogP contribution in [0.3, 0.4) is 0 Å². The van der Waals surface area contributed by atoms with Gasteiger partial charge in [0.2, 0.25) is 19.9 Å². The molecule has 0 amide bonds. The van der Waals surface area contributed by atoms with Crippen LogP contribution < -0.4 is 5.14 Å². The maximum atomic E-state index is 12.6. The number of nitriles is 1. The molecular formula is C19H14N2O5S2. The van der Waals surface area contributed by atoms with Gasteiger partial charge in [-0.05, 0) is 48.5 Å². The van der Waals surface area contributed by atoms with Crippen molar-refractivity contribution in [3.63, 3.8) is 0 Å². The molecule has 0 aliphatic rings. The quantitative estimate of drug-likeness (QED) is 0.639. The third-order valence-corrected chi connectivity index (χ3v) is 6.43.